The number of aryl methyl sites for hydroxylation is 1. The molecule has 3 aromatic rings. The number of aromatic nitrogens is 2. The number of nitrogens with zero attached hydrogens (tertiary/aromatic N) is 3. The summed E-state index contributed by atoms with van der Waals surface area (Å²) < 4.78 is 0. The zero-order valence-electron chi connectivity index (χ0n) is 15.7. The van der Waals surface area contributed by atoms with Crippen molar-refractivity contribution >= 4 is 28.6 Å². The van der Waals surface area contributed by atoms with Gasteiger partial charge in [-0.1, -0.05) is 6.07 Å². The molecule has 2 aromatic heterocycles. The van der Waals surface area contributed by atoms with Crippen LogP contribution < -0.4 is 10.2 Å². The molecule has 5 nitrogen and oxygen atoms in total. The summed E-state index contributed by atoms with van der Waals surface area (Å²) in [5.74, 6) is 0.000162. The summed E-state index contributed by atoms with van der Waals surface area (Å²) >= 11 is 1.57. The van der Waals surface area contributed by atoms with Gasteiger partial charge in [0.15, 0.2) is 0 Å². The second-order valence-corrected chi connectivity index (χ2v) is 7.05. The molecule has 0 aliphatic heterocycles. The fourth-order valence-corrected chi connectivity index (χ4v) is 3.64. The smallest absolute Gasteiger partial charge is 0.224 e. The topological polar surface area (TPSA) is 58.1 Å². The summed E-state index contributed by atoms with van der Waals surface area (Å²) in [5, 5.41) is 5.89. The second kappa shape index (κ2) is 9.28. The first kappa shape index (κ1) is 19.0. The molecule has 3 rings (SSSR count). The first-order chi connectivity index (χ1) is 13.2. The number of pyridine rings is 1. The van der Waals surface area contributed by atoms with Crippen molar-refractivity contribution in [2.24, 2.45) is 0 Å². The standard InChI is InChI=1S/C21H24N4OS/c1-3-25(4-2)17-10-8-16(9-11-17)23-20(26)12-13-21-24-19(15-27-21)18-7-5-6-14-22-18/h5-11,14-15H,3-4,12-13H2,1-2H3,(H,23,26). The summed E-state index contributed by atoms with van der Waals surface area (Å²) in [4.78, 5) is 23.4. The number of amides is 1. The van der Waals surface area contributed by atoms with E-state index >= 15 is 0 Å². The van der Waals surface area contributed by atoms with E-state index in [2.05, 4.69) is 34.0 Å². The molecule has 140 valence electrons. The Balaban J connectivity index is 1.52. The molecule has 0 spiro atoms. The van der Waals surface area contributed by atoms with Crippen molar-refractivity contribution in [2.45, 2.75) is 26.7 Å². The molecule has 0 bridgehead atoms. The molecule has 2 heterocycles. The number of benzene rings is 1. The molecule has 0 aliphatic rings. The molecule has 27 heavy (non-hydrogen) atoms. The SMILES string of the molecule is CCN(CC)c1ccc(NC(=O)CCc2nc(-c3ccccn3)cs2)cc1. The van der Waals surface area contributed by atoms with Gasteiger partial charge < -0.3 is 10.2 Å². The summed E-state index contributed by atoms with van der Waals surface area (Å²) in [5.41, 5.74) is 3.72. The van der Waals surface area contributed by atoms with Crippen molar-refractivity contribution in [1.82, 2.24) is 9.97 Å². The quantitative estimate of drug-likeness (QED) is 0.619. The lowest BCUT2D eigenvalue weighted by Gasteiger charge is -2.21. The van der Waals surface area contributed by atoms with Crippen LogP contribution in [0.25, 0.3) is 11.4 Å². The van der Waals surface area contributed by atoms with Gasteiger partial charge in [-0.3, -0.25) is 9.78 Å². The van der Waals surface area contributed by atoms with Gasteiger partial charge in [0.25, 0.3) is 0 Å². The van der Waals surface area contributed by atoms with Gasteiger partial charge in [0, 0.05) is 48.9 Å². The molecule has 1 amide bonds. The minimum absolute atomic E-state index is 0.000162. The van der Waals surface area contributed by atoms with E-state index in [1.165, 1.54) is 5.69 Å². The fraction of sp³-hybridized carbons (Fsp3) is 0.286. The Morgan fingerprint density at radius 1 is 1.07 bits per heavy atom. The third-order valence-corrected chi connectivity index (χ3v) is 5.23. The fourth-order valence-electron chi connectivity index (χ4n) is 2.85. The Morgan fingerprint density at radius 3 is 2.52 bits per heavy atom. The van der Waals surface area contributed by atoms with Crippen molar-refractivity contribution < 1.29 is 4.79 Å². The van der Waals surface area contributed by atoms with E-state index in [1.54, 1.807) is 17.5 Å². The number of hydrogen-bond donors (Lipinski definition) is 1. The van der Waals surface area contributed by atoms with E-state index in [4.69, 9.17) is 0 Å². The largest absolute Gasteiger partial charge is 0.372 e. The lowest BCUT2D eigenvalue weighted by Crippen LogP contribution is -2.21. The van der Waals surface area contributed by atoms with Gasteiger partial charge in [0.1, 0.15) is 0 Å². The normalized spacial score (nSPS) is 10.6. The number of carbonyl (C=O) groups excluding carboxylic acids is 1. The zero-order valence-corrected chi connectivity index (χ0v) is 16.5. The Kier molecular flexibility index (Phi) is 6.54. The Bertz CT molecular complexity index is 857. The number of rotatable bonds is 8. The first-order valence-electron chi connectivity index (χ1n) is 9.20. The Labute approximate surface area is 164 Å². The van der Waals surface area contributed by atoms with Crippen molar-refractivity contribution in [3.05, 3.63) is 59.0 Å². The van der Waals surface area contributed by atoms with Gasteiger partial charge in [-0.15, -0.1) is 11.3 Å². The van der Waals surface area contributed by atoms with Gasteiger partial charge in [-0.05, 0) is 50.2 Å². The molecule has 0 saturated heterocycles. The molecule has 1 aromatic carbocycles. The summed E-state index contributed by atoms with van der Waals surface area (Å²) in [6.07, 6.45) is 2.79. The van der Waals surface area contributed by atoms with E-state index in [9.17, 15) is 4.79 Å². The highest BCUT2D eigenvalue weighted by Crippen LogP contribution is 2.21. The van der Waals surface area contributed by atoms with Gasteiger partial charge in [0.2, 0.25) is 5.91 Å². The number of thiazole rings is 1. The lowest BCUT2D eigenvalue weighted by atomic mass is 10.2. The maximum Gasteiger partial charge on any atom is 0.224 e. The second-order valence-electron chi connectivity index (χ2n) is 6.11. The predicted octanol–water partition coefficient (Wildman–Crippen LogP) is 4.62. The molecule has 0 unspecified atom stereocenters. The number of carbonyl (C=O) groups is 1. The van der Waals surface area contributed by atoms with Crippen LogP contribution in [0.2, 0.25) is 0 Å². The van der Waals surface area contributed by atoms with Crippen LogP contribution in [0.5, 0.6) is 0 Å². The van der Waals surface area contributed by atoms with Crippen LogP contribution in [0.3, 0.4) is 0 Å². The van der Waals surface area contributed by atoms with E-state index < -0.39 is 0 Å². The zero-order chi connectivity index (χ0) is 19.1. The minimum atomic E-state index is 0.000162. The maximum atomic E-state index is 12.2. The van der Waals surface area contributed by atoms with Gasteiger partial charge in [-0.25, -0.2) is 4.98 Å². The van der Waals surface area contributed by atoms with E-state index in [0.29, 0.717) is 12.8 Å². The average Bonchev–Trinajstić information content (AvgIpc) is 3.18. The molecule has 0 radical (unpaired) electrons. The van der Waals surface area contributed by atoms with Gasteiger partial charge in [0.05, 0.1) is 16.4 Å². The van der Waals surface area contributed by atoms with E-state index in [-0.39, 0.29) is 5.91 Å². The average molecular weight is 381 g/mol. The van der Waals surface area contributed by atoms with Crippen LogP contribution in [0.1, 0.15) is 25.3 Å². The predicted molar refractivity (Wildman–Crippen MR) is 112 cm³/mol. The monoisotopic (exact) mass is 380 g/mol. The third-order valence-electron chi connectivity index (χ3n) is 4.32. The molecular formula is C21H24N4OS. The third kappa shape index (κ3) is 5.14. The Morgan fingerprint density at radius 2 is 1.85 bits per heavy atom. The van der Waals surface area contributed by atoms with Crippen LogP contribution in [0.15, 0.2) is 54.0 Å². The number of nitrogens with one attached hydrogen (secondary N) is 1. The molecule has 6 heteroatoms. The van der Waals surface area contributed by atoms with Crippen molar-refractivity contribution in [3.63, 3.8) is 0 Å². The van der Waals surface area contributed by atoms with Crippen LogP contribution in [0.4, 0.5) is 11.4 Å². The van der Waals surface area contributed by atoms with Gasteiger partial charge >= 0.3 is 0 Å². The first-order valence-corrected chi connectivity index (χ1v) is 10.1. The van der Waals surface area contributed by atoms with Crippen molar-refractivity contribution in [1.29, 1.82) is 0 Å². The summed E-state index contributed by atoms with van der Waals surface area (Å²) in [6, 6.07) is 13.8. The van der Waals surface area contributed by atoms with Crippen LogP contribution >= 0.6 is 11.3 Å². The highest BCUT2D eigenvalue weighted by atomic mass is 32.1. The highest BCUT2D eigenvalue weighted by molar-refractivity contribution is 7.09. The van der Waals surface area contributed by atoms with Crippen LogP contribution in [-0.2, 0) is 11.2 Å². The number of anilines is 2. The number of hydrogen-bond acceptors (Lipinski definition) is 5. The van der Waals surface area contributed by atoms with Crippen LogP contribution in [0, 0.1) is 0 Å². The van der Waals surface area contributed by atoms with Crippen LogP contribution in [-0.4, -0.2) is 29.0 Å². The van der Waals surface area contributed by atoms with Crippen molar-refractivity contribution in [3.8, 4) is 11.4 Å². The molecule has 0 atom stereocenters. The molecule has 0 fully saturated rings. The highest BCUT2D eigenvalue weighted by Gasteiger charge is 2.09. The molecule has 0 aliphatic carbocycles. The molecule has 1 N–H and O–H groups in total. The van der Waals surface area contributed by atoms with Gasteiger partial charge in [-0.2, -0.15) is 0 Å². The lowest BCUT2D eigenvalue weighted by molar-refractivity contribution is -0.116. The van der Waals surface area contributed by atoms with Crippen molar-refractivity contribution in [2.75, 3.05) is 23.3 Å². The summed E-state index contributed by atoms with van der Waals surface area (Å²) in [7, 11) is 0. The van der Waals surface area contributed by atoms with E-state index in [0.717, 1.165) is 35.2 Å². The van der Waals surface area contributed by atoms with E-state index in [1.807, 2.05) is 47.8 Å². The molecular weight excluding hydrogens is 356 g/mol. The molecule has 0 saturated carbocycles. The Hall–Kier alpha value is -2.73. The minimum Gasteiger partial charge on any atom is -0.372 e. The summed E-state index contributed by atoms with van der Waals surface area (Å²) in [6.45, 7) is 6.21. The maximum absolute atomic E-state index is 12.2.